The first-order valence-electron chi connectivity index (χ1n) is 8.66. The van der Waals surface area contributed by atoms with Crippen molar-refractivity contribution in [2.24, 2.45) is 0 Å². The Balaban J connectivity index is 1.72. The lowest BCUT2D eigenvalue weighted by Crippen LogP contribution is -1.99. The van der Waals surface area contributed by atoms with Gasteiger partial charge in [0.05, 0.1) is 0 Å². The quantitative estimate of drug-likeness (QED) is 0.380. The van der Waals surface area contributed by atoms with Crippen molar-refractivity contribution in [1.82, 2.24) is 14.8 Å². The zero-order chi connectivity index (χ0) is 18.6. The highest BCUT2D eigenvalue weighted by molar-refractivity contribution is 7.98. The number of hydrogen-bond acceptors (Lipinski definition) is 3. The van der Waals surface area contributed by atoms with Gasteiger partial charge in [0, 0.05) is 22.0 Å². The average molecular weight is 392 g/mol. The van der Waals surface area contributed by atoms with Crippen molar-refractivity contribution in [1.29, 1.82) is 0 Å². The van der Waals surface area contributed by atoms with Crippen LogP contribution >= 0.6 is 23.4 Å². The van der Waals surface area contributed by atoms with E-state index in [4.69, 9.17) is 11.6 Å². The molecule has 0 radical (unpaired) electrons. The molecule has 0 saturated heterocycles. The van der Waals surface area contributed by atoms with Crippen LogP contribution in [0.3, 0.4) is 0 Å². The number of hydrogen-bond donors (Lipinski definition) is 0. The van der Waals surface area contributed by atoms with E-state index in [-0.39, 0.29) is 0 Å². The van der Waals surface area contributed by atoms with Crippen LogP contribution < -0.4 is 0 Å². The van der Waals surface area contributed by atoms with Gasteiger partial charge in [-0.1, -0.05) is 77.5 Å². The molecule has 4 aromatic rings. The molecule has 0 spiro atoms. The van der Waals surface area contributed by atoms with Gasteiger partial charge < -0.3 is 0 Å². The first kappa shape index (κ1) is 17.8. The van der Waals surface area contributed by atoms with Crippen LogP contribution in [0.4, 0.5) is 0 Å². The second-order valence-electron chi connectivity index (χ2n) is 6.26. The molecule has 1 aromatic heterocycles. The van der Waals surface area contributed by atoms with E-state index in [0.717, 1.165) is 33.0 Å². The van der Waals surface area contributed by atoms with Crippen LogP contribution in [0.15, 0.2) is 84.0 Å². The second kappa shape index (κ2) is 7.99. The highest BCUT2D eigenvalue weighted by Gasteiger charge is 2.16. The van der Waals surface area contributed by atoms with Crippen LogP contribution in [0.1, 0.15) is 11.1 Å². The van der Waals surface area contributed by atoms with Crippen LogP contribution in [0.2, 0.25) is 5.02 Å². The summed E-state index contributed by atoms with van der Waals surface area (Å²) in [6.45, 7) is 2.09. The van der Waals surface area contributed by atoms with E-state index < -0.39 is 0 Å². The molecule has 0 bridgehead atoms. The summed E-state index contributed by atoms with van der Waals surface area (Å²) in [5.74, 6) is 1.65. The van der Waals surface area contributed by atoms with E-state index in [1.807, 2.05) is 42.5 Å². The van der Waals surface area contributed by atoms with E-state index in [9.17, 15) is 0 Å². The number of halogens is 1. The van der Waals surface area contributed by atoms with Crippen molar-refractivity contribution in [3.63, 3.8) is 0 Å². The molecule has 0 fully saturated rings. The van der Waals surface area contributed by atoms with Crippen molar-refractivity contribution in [2.45, 2.75) is 17.8 Å². The number of aromatic nitrogens is 3. The topological polar surface area (TPSA) is 30.7 Å². The molecule has 27 heavy (non-hydrogen) atoms. The van der Waals surface area contributed by atoms with Crippen LogP contribution in [0.25, 0.3) is 17.1 Å². The third-order valence-electron chi connectivity index (χ3n) is 4.21. The fourth-order valence-electron chi connectivity index (χ4n) is 2.87. The molecule has 0 atom stereocenters. The lowest BCUT2D eigenvalue weighted by atomic mass is 10.1. The van der Waals surface area contributed by atoms with Crippen molar-refractivity contribution in [3.8, 4) is 17.1 Å². The molecule has 0 saturated carbocycles. The summed E-state index contributed by atoms with van der Waals surface area (Å²) in [4.78, 5) is 0. The average Bonchev–Trinajstić information content (AvgIpc) is 3.12. The zero-order valence-corrected chi connectivity index (χ0v) is 16.4. The van der Waals surface area contributed by atoms with Gasteiger partial charge in [0.25, 0.3) is 0 Å². The van der Waals surface area contributed by atoms with Gasteiger partial charge in [-0.25, -0.2) is 0 Å². The van der Waals surface area contributed by atoms with Crippen LogP contribution in [0, 0.1) is 6.92 Å². The Hall–Kier alpha value is -2.56. The Morgan fingerprint density at radius 1 is 0.889 bits per heavy atom. The summed E-state index contributed by atoms with van der Waals surface area (Å²) in [5.41, 5.74) is 4.51. The van der Waals surface area contributed by atoms with Crippen molar-refractivity contribution in [2.75, 3.05) is 0 Å². The van der Waals surface area contributed by atoms with Gasteiger partial charge in [-0.3, -0.25) is 4.57 Å². The molecular formula is C22H18ClN3S. The minimum Gasteiger partial charge on any atom is -0.270 e. The molecule has 0 aliphatic heterocycles. The zero-order valence-electron chi connectivity index (χ0n) is 14.8. The Labute approximate surface area is 168 Å². The maximum atomic E-state index is 5.98. The Kier molecular flexibility index (Phi) is 5.28. The maximum Gasteiger partial charge on any atom is 0.196 e. The van der Waals surface area contributed by atoms with Gasteiger partial charge in [-0.05, 0) is 42.8 Å². The molecule has 0 aliphatic carbocycles. The third kappa shape index (κ3) is 4.07. The number of nitrogens with zero attached hydrogens (tertiary/aromatic N) is 3. The molecule has 3 aromatic carbocycles. The second-order valence-corrected chi connectivity index (χ2v) is 7.64. The fraction of sp³-hybridized carbons (Fsp3) is 0.0909. The van der Waals surface area contributed by atoms with Gasteiger partial charge in [0.1, 0.15) is 0 Å². The van der Waals surface area contributed by atoms with E-state index in [2.05, 4.69) is 58.1 Å². The predicted octanol–water partition coefficient (Wildman–Crippen LogP) is 6.19. The highest BCUT2D eigenvalue weighted by Crippen LogP contribution is 2.30. The minimum absolute atomic E-state index is 0.748. The van der Waals surface area contributed by atoms with Crippen LogP contribution in [0.5, 0.6) is 0 Å². The molecule has 0 N–H and O–H groups in total. The normalized spacial score (nSPS) is 10.9. The van der Waals surface area contributed by atoms with Gasteiger partial charge >= 0.3 is 0 Å². The first-order chi connectivity index (χ1) is 13.2. The Bertz CT molecular complexity index is 1040. The standard InChI is InChI=1S/C22H18ClN3S/c1-16-6-5-7-18(14-16)21-24-25-22(26(21)20-8-3-2-4-9-20)27-15-17-10-12-19(23)13-11-17/h2-14H,15H2,1H3. The van der Waals surface area contributed by atoms with Gasteiger partial charge in [0.2, 0.25) is 0 Å². The number of aryl methyl sites for hydroxylation is 1. The summed E-state index contributed by atoms with van der Waals surface area (Å²) in [5, 5.41) is 10.6. The Morgan fingerprint density at radius 2 is 1.67 bits per heavy atom. The lowest BCUT2D eigenvalue weighted by molar-refractivity contribution is 0.886. The molecule has 4 rings (SSSR count). The summed E-state index contributed by atoms with van der Waals surface area (Å²) < 4.78 is 2.12. The SMILES string of the molecule is Cc1cccc(-c2nnc(SCc3ccc(Cl)cc3)n2-c2ccccc2)c1. The Morgan fingerprint density at radius 3 is 2.41 bits per heavy atom. The van der Waals surface area contributed by atoms with Crippen LogP contribution in [-0.2, 0) is 5.75 Å². The van der Waals surface area contributed by atoms with Crippen molar-refractivity contribution < 1.29 is 0 Å². The fourth-order valence-corrected chi connectivity index (χ4v) is 3.91. The third-order valence-corrected chi connectivity index (χ3v) is 5.46. The van der Waals surface area contributed by atoms with E-state index in [0.29, 0.717) is 0 Å². The summed E-state index contributed by atoms with van der Waals surface area (Å²) in [7, 11) is 0. The van der Waals surface area contributed by atoms with E-state index in [1.54, 1.807) is 11.8 Å². The maximum absolute atomic E-state index is 5.98. The number of para-hydroxylation sites is 1. The summed E-state index contributed by atoms with van der Waals surface area (Å²) >= 11 is 7.65. The van der Waals surface area contributed by atoms with E-state index >= 15 is 0 Å². The van der Waals surface area contributed by atoms with Crippen molar-refractivity contribution in [3.05, 3.63) is 95.0 Å². The summed E-state index contributed by atoms with van der Waals surface area (Å²) in [6.07, 6.45) is 0. The van der Waals surface area contributed by atoms with Crippen LogP contribution in [-0.4, -0.2) is 14.8 Å². The molecule has 5 heteroatoms. The number of thioether (sulfide) groups is 1. The monoisotopic (exact) mass is 391 g/mol. The molecule has 0 aliphatic rings. The molecule has 134 valence electrons. The molecular weight excluding hydrogens is 374 g/mol. The molecule has 3 nitrogen and oxygen atoms in total. The summed E-state index contributed by atoms with van der Waals surface area (Å²) in [6, 6.07) is 26.5. The molecule has 0 amide bonds. The number of rotatable bonds is 5. The smallest absolute Gasteiger partial charge is 0.196 e. The number of benzene rings is 3. The van der Waals surface area contributed by atoms with Gasteiger partial charge in [-0.15, -0.1) is 10.2 Å². The minimum atomic E-state index is 0.748. The van der Waals surface area contributed by atoms with Crippen molar-refractivity contribution >= 4 is 23.4 Å². The van der Waals surface area contributed by atoms with E-state index in [1.165, 1.54) is 11.1 Å². The lowest BCUT2D eigenvalue weighted by Gasteiger charge is -2.10. The highest BCUT2D eigenvalue weighted by atomic mass is 35.5. The largest absolute Gasteiger partial charge is 0.270 e. The van der Waals surface area contributed by atoms with Gasteiger partial charge in [-0.2, -0.15) is 0 Å². The predicted molar refractivity (Wildman–Crippen MR) is 113 cm³/mol. The molecule has 1 heterocycles. The van der Waals surface area contributed by atoms with Gasteiger partial charge in [0.15, 0.2) is 11.0 Å². The first-order valence-corrected chi connectivity index (χ1v) is 10.0. The molecule has 0 unspecified atom stereocenters.